The second-order valence-electron chi connectivity index (χ2n) is 2.38. The molecular weight excluding hydrogens is 168 g/mol. The van der Waals surface area contributed by atoms with E-state index in [1.165, 1.54) is 0 Å². The van der Waals surface area contributed by atoms with Gasteiger partial charge >= 0.3 is 0 Å². The Balaban J connectivity index is 2.33. The smallest absolute Gasteiger partial charge is 0.233 e. The van der Waals surface area contributed by atoms with Crippen LogP contribution in [-0.2, 0) is 0 Å². The quantitative estimate of drug-likeness (QED) is 0.674. The molecule has 66 valence electrons. The molecule has 0 aliphatic heterocycles. The summed E-state index contributed by atoms with van der Waals surface area (Å²) in [6, 6.07) is 5.36. The average Bonchev–Trinajstić information content (AvgIpc) is 2.71. The zero-order valence-electron chi connectivity index (χ0n) is 7.08. The molecule has 0 saturated heterocycles. The van der Waals surface area contributed by atoms with Crippen molar-refractivity contribution < 1.29 is 4.74 Å². The highest BCUT2D eigenvalue weighted by atomic mass is 16.5. The van der Waals surface area contributed by atoms with Gasteiger partial charge in [0.05, 0.1) is 7.11 Å². The summed E-state index contributed by atoms with van der Waals surface area (Å²) in [7, 11) is 1.55. The summed E-state index contributed by atoms with van der Waals surface area (Å²) in [5, 5.41) is 11.8. The van der Waals surface area contributed by atoms with Crippen molar-refractivity contribution in [3.8, 4) is 11.7 Å². The highest BCUT2D eigenvalue weighted by Gasteiger charge is 1.98. The Labute approximate surface area is 75.0 Å². The molecule has 5 nitrogen and oxygen atoms in total. The predicted molar refractivity (Wildman–Crippen MR) is 45.7 cm³/mol. The van der Waals surface area contributed by atoms with Crippen LogP contribution in [0.2, 0.25) is 0 Å². The van der Waals surface area contributed by atoms with Crippen LogP contribution in [0, 0.1) is 0 Å². The van der Waals surface area contributed by atoms with Gasteiger partial charge in [-0.15, -0.1) is 10.2 Å². The highest BCUT2D eigenvalue weighted by molar-refractivity contribution is 5.22. The largest absolute Gasteiger partial charge is 0.480 e. The third kappa shape index (κ3) is 1.48. The minimum absolute atomic E-state index is 0.496. The van der Waals surface area contributed by atoms with Gasteiger partial charge in [0.15, 0.2) is 5.82 Å². The molecule has 0 aromatic carbocycles. The van der Waals surface area contributed by atoms with Gasteiger partial charge in [-0.3, -0.25) is 0 Å². The van der Waals surface area contributed by atoms with Crippen LogP contribution in [0.25, 0.3) is 5.82 Å². The molecule has 13 heavy (non-hydrogen) atoms. The normalized spacial score (nSPS) is 9.92. The van der Waals surface area contributed by atoms with Crippen molar-refractivity contribution in [2.75, 3.05) is 7.11 Å². The molecule has 0 bridgehead atoms. The average molecular weight is 176 g/mol. The fourth-order valence-electron chi connectivity index (χ4n) is 0.948. The Morgan fingerprint density at radius 3 is 2.77 bits per heavy atom. The maximum atomic E-state index is 4.88. The van der Waals surface area contributed by atoms with Crippen molar-refractivity contribution in [3.05, 3.63) is 30.6 Å². The zero-order chi connectivity index (χ0) is 9.10. The Hall–Kier alpha value is -1.91. The molecule has 2 rings (SSSR count). The first-order valence-electron chi connectivity index (χ1n) is 3.78. The molecule has 0 atom stereocenters. The van der Waals surface area contributed by atoms with E-state index in [2.05, 4.69) is 15.3 Å². The van der Waals surface area contributed by atoms with Gasteiger partial charge in [-0.2, -0.15) is 5.10 Å². The lowest BCUT2D eigenvalue weighted by molar-refractivity contribution is 0.391. The number of rotatable bonds is 2. The van der Waals surface area contributed by atoms with E-state index in [-0.39, 0.29) is 0 Å². The van der Waals surface area contributed by atoms with Gasteiger partial charge in [0, 0.05) is 18.5 Å². The summed E-state index contributed by atoms with van der Waals surface area (Å²) in [4.78, 5) is 0. The molecule has 2 aromatic heterocycles. The van der Waals surface area contributed by atoms with Gasteiger partial charge in [-0.25, -0.2) is 4.68 Å². The van der Waals surface area contributed by atoms with Crippen molar-refractivity contribution in [2.45, 2.75) is 0 Å². The van der Waals surface area contributed by atoms with Crippen LogP contribution >= 0.6 is 0 Å². The van der Waals surface area contributed by atoms with E-state index in [1.54, 1.807) is 36.3 Å². The van der Waals surface area contributed by atoms with Crippen LogP contribution in [0.5, 0.6) is 5.88 Å². The number of nitrogens with zero attached hydrogens (tertiary/aromatic N) is 4. The molecule has 2 aromatic rings. The van der Waals surface area contributed by atoms with Crippen LogP contribution in [0.15, 0.2) is 30.6 Å². The van der Waals surface area contributed by atoms with Crippen LogP contribution in [0.1, 0.15) is 0 Å². The predicted octanol–water partition coefficient (Wildman–Crippen LogP) is 0.671. The summed E-state index contributed by atoms with van der Waals surface area (Å²) in [6.07, 6.45) is 3.49. The minimum atomic E-state index is 0.496. The van der Waals surface area contributed by atoms with Crippen LogP contribution in [-0.4, -0.2) is 27.1 Å². The standard InChI is InChI=1S/C8H8N4O/c1-13-8-4-3-7(10-11-8)12-6-2-5-9-12/h2-6H,1H3. The summed E-state index contributed by atoms with van der Waals surface area (Å²) in [6.45, 7) is 0. The fourth-order valence-corrected chi connectivity index (χ4v) is 0.948. The molecule has 0 saturated carbocycles. The number of hydrogen-bond acceptors (Lipinski definition) is 4. The molecule has 0 unspecified atom stereocenters. The van der Waals surface area contributed by atoms with E-state index >= 15 is 0 Å². The summed E-state index contributed by atoms with van der Waals surface area (Å²) in [5.41, 5.74) is 0. The van der Waals surface area contributed by atoms with E-state index in [9.17, 15) is 0 Å². The lowest BCUT2D eigenvalue weighted by Gasteiger charge is -1.99. The topological polar surface area (TPSA) is 52.8 Å². The lowest BCUT2D eigenvalue weighted by Crippen LogP contribution is -2.00. The molecular formula is C8H8N4O. The Kier molecular flexibility index (Phi) is 1.91. The fraction of sp³-hybridized carbons (Fsp3) is 0.125. The number of hydrogen-bond donors (Lipinski definition) is 0. The first-order valence-corrected chi connectivity index (χ1v) is 3.78. The Morgan fingerprint density at radius 1 is 1.31 bits per heavy atom. The molecule has 2 heterocycles. The highest BCUT2D eigenvalue weighted by Crippen LogP contribution is 2.06. The maximum Gasteiger partial charge on any atom is 0.233 e. The second-order valence-corrected chi connectivity index (χ2v) is 2.38. The van der Waals surface area contributed by atoms with Gasteiger partial charge in [0.2, 0.25) is 5.88 Å². The molecule has 0 spiro atoms. The SMILES string of the molecule is COc1ccc(-n2cccn2)nn1. The molecule has 0 aliphatic rings. The number of aromatic nitrogens is 4. The van der Waals surface area contributed by atoms with Gasteiger partial charge in [-0.1, -0.05) is 0 Å². The first kappa shape index (κ1) is 7.72. The van der Waals surface area contributed by atoms with Crippen molar-refractivity contribution in [3.63, 3.8) is 0 Å². The number of methoxy groups -OCH3 is 1. The summed E-state index contributed by atoms with van der Waals surface area (Å²) in [5.74, 6) is 1.17. The van der Waals surface area contributed by atoms with E-state index in [0.717, 1.165) is 0 Å². The Bertz CT molecular complexity index is 368. The van der Waals surface area contributed by atoms with Crippen molar-refractivity contribution in [2.24, 2.45) is 0 Å². The van der Waals surface area contributed by atoms with E-state index in [0.29, 0.717) is 11.7 Å². The van der Waals surface area contributed by atoms with Gasteiger partial charge in [0.1, 0.15) is 0 Å². The molecule has 0 N–H and O–H groups in total. The number of ether oxygens (including phenoxy) is 1. The van der Waals surface area contributed by atoms with Crippen molar-refractivity contribution in [1.29, 1.82) is 0 Å². The molecule has 5 heteroatoms. The summed E-state index contributed by atoms with van der Waals surface area (Å²) >= 11 is 0. The Morgan fingerprint density at radius 2 is 2.23 bits per heavy atom. The third-order valence-corrected chi connectivity index (χ3v) is 1.57. The second kappa shape index (κ2) is 3.22. The monoisotopic (exact) mass is 176 g/mol. The lowest BCUT2D eigenvalue weighted by atomic mass is 10.5. The molecule has 0 amide bonds. The van der Waals surface area contributed by atoms with Crippen molar-refractivity contribution >= 4 is 0 Å². The summed E-state index contributed by atoms with van der Waals surface area (Å²) < 4.78 is 6.51. The first-order chi connectivity index (χ1) is 6.40. The van der Waals surface area contributed by atoms with E-state index in [1.807, 2.05) is 6.07 Å². The van der Waals surface area contributed by atoms with Crippen molar-refractivity contribution in [1.82, 2.24) is 20.0 Å². The van der Waals surface area contributed by atoms with E-state index < -0.39 is 0 Å². The minimum Gasteiger partial charge on any atom is -0.480 e. The van der Waals surface area contributed by atoms with Gasteiger partial charge in [0.25, 0.3) is 0 Å². The molecule has 0 radical (unpaired) electrons. The maximum absolute atomic E-state index is 4.88. The molecule has 0 fully saturated rings. The van der Waals surface area contributed by atoms with Gasteiger partial charge < -0.3 is 4.74 Å². The van der Waals surface area contributed by atoms with Crippen LogP contribution < -0.4 is 4.74 Å². The van der Waals surface area contributed by atoms with Crippen LogP contribution in [0.4, 0.5) is 0 Å². The zero-order valence-corrected chi connectivity index (χ0v) is 7.08. The van der Waals surface area contributed by atoms with Gasteiger partial charge in [-0.05, 0) is 12.1 Å². The van der Waals surface area contributed by atoms with E-state index in [4.69, 9.17) is 4.74 Å². The molecule has 0 aliphatic carbocycles. The third-order valence-electron chi connectivity index (χ3n) is 1.57. The van der Waals surface area contributed by atoms with Crippen LogP contribution in [0.3, 0.4) is 0 Å².